The van der Waals surface area contributed by atoms with Gasteiger partial charge in [-0.25, -0.2) is 4.79 Å². The highest BCUT2D eigenvalue weighted by Gasteiger charge is 2.30. The summed E-state index contributed by atoms with van der Waals surface area (Å²) in [5.74, 6) is 0. The monoisotopic (exact) mass is 426 g/mol. The van der Waals surface area contributed by atoms with Crippen molar-refractivity contribution in [3.8, 4) is 0 Å². The number of carbonyl (C=O) groups is 1. The van der Waals surface area contributed by atoms with Crippen LogP contribution in [0.2, 0.25) is 5.02 Å². The van der Waals surface area contributed by atoms with Crippen molar-refractivity contribution in [2.75, 3.05) is 23.3 Å². The SMILES string of the molecule is O=C(Nc1ccccc1)N[C@@H]1CCCC[C@H]1NC1CCCN(c2ccc(Cl)cc2)C1. The highest BCUT2D eigenvalue weighted by atomic mass is 35.5. The lowest BCUT2D eigenvalue weighted by molar-refractivity contribution is 0.226. The van der Waals surface area contributed by atoms with Gasteiger partial charge in [-0.05, 0) is 62.1 Å². The van der Waals surface area contributed by atoms with Crippen molar-refractivity contribution in [2.24, 2.45) is 0 Å². The van der Waals surface area contributed by atoms with Gasteiger partial charge in [-0.15, -0.1) is 0 Å². The van der Waals surface area contributed by atoms with Crippen LogP contribution in [0.15, 0.2) is 54.6 Å². The number of amides is 2. The number of hydrogen-bond donors (Lipinski definition) is 3. The third-order valence-corrected chi connectivity index (χ3v) is 6.43. The van der Waals surface area contributed by atoms with E-state index < -0.39 is 0 Å². The first kappa shape index (κ1) is 21.0. The normalized spacial score (nSPS) is 24.3. The standard InChI is InChI=1S/C24H31ClN4O/c25-18-12-14-21(15-13-18)29-16-6-9-20(17-29)26-22-10-4-5-11-23(22)28-24(30)27-19-7-2-1-3-8-19/h1-3,7-8,12-15,20,22-23,26H,4-6,9-11,16-17H2,(H2,27,28,30)/t20?,22-,23-/m1/s1. The zero-order valence-electron chi connectivity index (χ0n) is 17.3. The van der Waals surface area contributed by atoms with Crippen LogP contribution in [0, 0.1) is 0 Å². The zero-order chi connectivity index (χ0) is 20.8. The lowest BCUT2D eigenvalue weighted by Gasteiger charge is -2.40. The van der Waals surface area contributed by atoms with E-state index in [2.05, 4.69) is 33.0 Å². The Hall–Kier alpha value is -2.24. The number of benzene rings is 2. The van der Waals surface area contributed by atoms with Gasteiger partial charge in [0.15, 0.2) is 0 Å². The van der Waals surface area contributed by atoms with Crippen molar-refractivity contribution in [3.05, 3.63) is 59.6 Å². The van der Waals surface area contributed by atoms with Crippen LogP contribution in [0.5, 0.6) is 0 Å². The first-order valence-corrected chi connectivity index (χ1v) is 11.4. The third kappa shape index (κ3) is 5.67. The lowest BCUT2D eigenvalue weighted by Crippen LogP contribution is -2.57. The Labute approximate surface area is 184 Å². The maximum absolute atomic E-state index is 12.5. The molecule has 1 saturated carbocycles. The predicted molar refractivity (Wildman–Crippen MR) is 124 cm³/mol. The van der Waals surface area contributed by atoms with Crippen molar-refractivity contribution in [1.29, 1.82) is 0 Å². The fraction of sp³-hybridized carbons (Fsp3) is 0.458. The van der Waals surface area contributed by atoms with Crippen LogP contribution in [0.1, 0.15) is 38.5 Å². The average molecular weight is 427 g/mol. The number of urea groups is 1. The molecule has 0 aromatic heterocycles. The smallest absolute Gasteiger partial charge is 0.319 e. The van der Waals surface area contributed by atoms with Gasteiger partial charge >= 0.3 is 6.03 Å². The van der Waals surface area contributed by atoms with E-state index in [1.165, 1.54) is 24.9 Å². The summed E-state index contributed by atoms with van der Waals surface area (Å²) in [6, 6.07) is 18.5. The van der Waals surface area contributed by atoms with Crippen LogP contribution < -0.4 is 20.9 Å². The first-order chi connectivity index (χ1) is 14.7. The molecule has 4 rings (SSSR count). The molecule has 1 saturated heterocycles. The van der Waals surface area contributed by atoms with Gasteiger partial charge < -0.3 is 20.9 Å². The van der Waals surface area contributed by atoms with Gasteiger partial charge in [-0.3, -0.25) is 0 Å². The van der Waals surface area contributed by atoms with E-state index in [9.17, 15) is 4.79 Å². The number of halogens is 1. The minimum atomic E-state index is -0.119. The van der Waals surface area contributed by atoms with Gasteiger partial charge in [0, 0.05) is 47.6 Å². The molecule has 2 fully saturated rings. The quantitative estimate of drug-likeness (QED) is 0.628. The zero-order valence-corrected chi connectivity index (χ0v) is 18.1. The van der Waals surface area contributed by atoms with E-state index >= 15 is 0 Å². The molecule has 2 amide bonds. The Kier molecular flexibility index (Phi) is 7.13. The number of anilines is 2. The van der Waals surface area contributed by atoms with Gasteiger partial charge in [0.05, 0.1) is 0 Å². The Morgan fingerprint density at radius 3 is 2.40 bits per heavy atom. The van der Waals surface area contributed by atoms with Gasteiger partial charge in [-0.2, -0.15) is 0 Å². The molecule has 2 aliphatic rings. The second kappa shape index (κ2) is 10.2. The molecule has 2 aromatic carbocycles. The summed E-state index contributed by atoms with van der Waals surface area (Å²) in [7, 11) is 0. The molecule has 3 atom stereocenters. The largest absolute Gasteiger partial charge is 0.370 e. The van der Waals surface area contributed by atoms with Gasteiger partial charge in [0.2, 0.25) is 0 Å². The molecule has 1 aliphatic carbocycles. The summed E-state index contributed by atoms with van der Waals surface area (Å²) >= 11 is 6.05. The van der Waals surface area contributed by atoms with E-state index in [0.29, 0.717) is 12.1 Å². The molecule has 6 heteroatoms. The van der Waals surface area contributed by atoms with Crippen LogP contribution >= 0.6 is 11.6 Å². The molecule has 30 heavy (non-hydrogen) atoms. The number of nitrogens with one attached hydrogen (secondary N) is 3. The van der Waals surface area contributed by atoms with Crippen molar-refractivity contribution >= 4 is 29.0 Å². The molecule has 3 N–H and O–H groups in total. The second-order valence-electron chi connectivity index (χ2n) is 8.39. The lowest BCUT2D eigenvalue weighted by atomic mass is 9.89. The summed E-state index contributed by atoms with van der Waals surface area (Å²) in [4.78, 5) is 14.9. The summed E-state index contributed by atoms with van der Waals surface area (Å²) in [5, 5.41) is 10.8. The maximum Gasteiger partial charge on any atom is 0.319 e. The van der Waals surface area contributed by atoms with Crippen LogP contribution in [0.3, 0.4) is 0 Å². The second-order valence-corrected chi connectivity index (χ2v) is 8.83. The average Bonchev–Trinajstić information content (AvgIpc) is 2.76. The molecule has 1 unspecified atom stereocenters. The Balaban J connectivity index is 1.33. The first-order valence-electron chi connectivity index (χ1n) is 11.1. The topological polar surface area (TPSA) is 56.4 Å². The van der Waals surface area contributed by atoms with Crippen molar-refractivity contribution in [3.63, 3.8) is 0 Å². The fourth-order valence-electron chi connectivity index (χ4n) is 4.66. The van der Waals surface area contributed by atoms with E-state index in [1.807, 2.05) is 42.5 Å². The molecule has 160 valence electrons. The molecule has 0 radical (unpaired) electrons. The van der Waals surface area contributed by atoms with E-state index in [-0.39, 0.29) is 12.1 Å². The molecule has 2 aromatic rings. The minimum Gasteiger partial charge on any atom is -0.370 e. The summed E-state index contributed by atoms with van der Waals surface area (Å²) < 4.78 is 0. The molecule has 1 heterocycles. The van der Waals surface area contributed by atoms with Gasteiger partial charge in [0.25, 0.3) is 0 Å². The molecule has 5 nitrogen and oxygen atoms in total. The van der Waals surface area contributed by atoms with E-state index in [0.717, 1.165) is 43.1 Å². The Bertz CT molecular complexity index is 814. The minimum absolute atomic E-state index is 0.119. The van der Waals surface area contributed by atoms with E-state index in [4.69, 9.17) is 11.6 Å². The number of rotatable bonds is 5. The number of hydrogen-bond acceptors (Lipinski definition) is 3. The summed E-state index contributed by atoms with van der Waals surface area (Å²) in [5.41, 5.74) is 2.05. The van der Waals surface area contributed by atoms with Crippen LogP contribution in [0.25, 0.3) is 0 Å². The number of piperidine rings is 1. The number of para-hydroxylation sites is 1. The summed E-state index contributed by atoms with van der Waals surface area (Å²) in [6.07, 6.45) is 6.84. The fourth-order valence-corrected chi connectivity index (χ4v) is 4.79. The van der Waals surface area contributed by atoms with E-state index in [1.54, 1.807) is 0 Å². The maximum atomic E-state index is 12.5. The molecular weight excluding hydrogens is 396 g/mol. The van der Waals surface area contributed by atoms with Crippen molar-refractivity contribution in [1.82, 2.24) is 10.6 Å². The molecule has 1 aliphatic heterocycles. The highest BCUT2D eigenvalue weighted by Crippen LogP contribution is 2.24. The highest BCUT2D eigenvalue weighted by molar-refractivity contribution is 6.30. The number of carbonyl (C=O) groups excluding carboxylic acids is 1. The predicted octanol–water partition coefficient (Wildman–Crippen LogP) is 5.03. The van der Waals surface area contributed by atoms with Gasteiger partial charge in [-0.1, -0.05) is 42.6 Å². The third-order valence-electron chi connectivity index (χ3n) is 6.18. The van der Waals surface area contributed by atoms with Crippen LogP contribution in [0.4, 0.5) is 16.2 Å². The molecular formula is C24H31ClN4O. The van der Waals surface area contributed by atoms with Gasteiger partial charge in [0.1, 0.15) is 0 Å². The van der Waals surface area contributed by atoms with Crippen LogP contribution in [-0.2, 0) is 0 Å². The van der Waals surface area contributed by atoms with Crippen LogP contribution in [-0.4, -0.2) is 37.2 Å². The summed E-state index contributed by atoms with van der Waals surface area (Å²) in [6.45, 7) is 2.06. The van der Waals surface area contributed by atoms with Crippen molar-refractivity contribution < 1.29 is 4.79 Å². The van der Waals surface area contributed by atoms with Crippen molar-refractivity contribution in [2.45, 2.75) is 56.7 Å². The molecule has 0 bridgehead atoms. The Morgan fingerprint density at radius 2 is 1.63 bits per heavy atom. The number of nitrogens with zero attached hydrogens (tertiary/aromatic N) is 1. The Morgan fingerprint density at radius 1 is 0.900 bits per heavy atom. The molecule has 0 spiro atoms.